The monoisotopic (exact) mass is 273 g/mol. The fourth-order valence-electron chi connectivity index (χ4n) is 1.05. The van der Waals surface area contributed by atoms with E-state index in [2.05, 4.69) is 19.8 Å². The van der Waals surface area contributed by atoms with Crippen LogP contribution in [0.1, 0.15) is 6.42 Å². The van der Waals surface area contributed by atoms with Crippen LogP contribution in [0, 0.1) is 0 Å². The molecule has 0 radical (unpaired) electrons. The highest BCUT2D eigenvalue weighted by Crippen LogP contribution is 1.96. The lowest BCUT2D eigenvalue weighted by molar-refractivity contribution is -0.143. The number of carbonyl (C=O) groups excluding carboxylic acids is 4. The second-order valence-electron chi connectivity index (χ2n) is 3.21. The summed E-state index contributed by atoms with van der Waals surface area (Å²) in [5.41, 5.74) is 0. The zero-order chi connectivity index (χ0) is 14.7. The minimum Gasteiger partial charge on any atom is -0.469 e. The number of isocyanates is 1. The minimum absolute atomic E-state index is 0.0294. The largest absolute Gasteiger partial charge is 0.469 e. The molecule has 0 unspecified atom stereocenters. The van der Waals surface area contributed by atoms with Gasteiger partial charge < -0.3 is 19.7 Å². The van der Waals surface area contributed by atoms with Crippen LogP contribution < -0.4 is 5.32 Å². The molecular formula is C10H15N3O6. The third-order valence-corrected chi connectivity index (χ3v) is 2.02. The Balaban J connectivity index is 4.46. The summed E-state index contributed by atoms with van der Waals surface area (Å²) in [5.74, 6) is -1.16. The third kappa shape index (κ3) is 7.50. The fraction of sp³-hybridized carbons (Fsp3) is 0.600. The highest BCUT2D eigenvalue weighted by atomic mass is 16.5. The predicted molar refractivity (Wildman–Crippen MR) is 61.7 cm³/mol. The molecular weight excluding hydrogens is 258 g/mol. The van der Waals surface area contributed by atoms with Crippen LogP contribution in [0.2, 0.25) is 0 Å². The molecule has 0 spiro atoms. The van der Waals surface area contributed by atoms with Crippen LogP contribution in [0.25, 0.3) is 0 Å². The second kappa shape index (κ2) is 9.60. The van der Waals surface area contributed by atoms with E-state index in [4.69, 9.17) is 0 Å². The van der Waals surface area contributed by atoms with Crippen molar-refractivity contribution in [2.75, 3.05) is 34.0 Å². The zero-order valence-corrected chi connectivity index (χ0v) is 10.7. The van der Waals surface area contributed by atoms with Gasteiger partial charge in [-0.1, -0.05) is 0 Å². The molecule has 0 aliphatic rings. The van der Waals surface area contributed by atoms with Crippen LogP contribution in [0.5, 0.6) is 0 Å². The van der Waals surface area contributed by atoms with E-state index in [1.54, 1.807) is 0 Å². The summed E-state index contributed by atoms with van der Waals surface area (Å²) in [6.45, 7) is -0.624. The Morgan fingerprint density at radius 1 is 1.21 bits per heavy atom. The fourth-order valence-corrected chi connectivity index (χ4v) is 1.05. The maximum Gasteiger partial charge on any atom is 0.325 e. The van der Waals surface area contributed by atoms with E-state index in [1.807, 2.05) is 0 Å². The van der Waals surface area contributed by atoms with Crippen molar-refractivity contribution in [3.05, 3.63) is 0 Å². The molecule has 0 aromatic carbocycles. The molecule has 0 saturated heterocycles. The summed E-state index contributed by atoms with van der Waals surface area (Å²) >= 11 is 0. The Bertz CT molecular complexity index is 377. The lowest BCUT2D eigenvalue weighted by atomic mass is 10.4. The van der Waals surface area contributed by atoms with Gasteiger partial charge in [0.1, 0.15) is 13.2 Å². The molecule has 1 N–H and O–H groups in total. The summed E-state index contributed by atoms with van der Waals surface area (Å²) in [4.78, 5) is 47.8. The molecule has 19 heavy (non-hydrogen) atoms. The van der Waals surface area contributed by atoms with Crippen molar-refractivity contribution in [2.45, 2.75) is 6.42 Å². The smallest absolute Gasteiger partial charge is 0.325 e. The summed E-state index contributed by atoms with van der Waals surface area (Å²) in [6.07, 6.45) is 1.18. The number of hydrogen-bond donors (Lipinski definition) is 1. The van der Waals surface area contributed by atoms with E-state index in [1.165, 1.54) is 20.3 Å². The molecule has 0 rings (SSSR count). The van der Waals surface area contributed by atoms with Crippen molar-refractivity contribution in [1.29, 1.82) is 0 Å². The van der Waals surface area contributed by atoms with Crippen LogP contribution in [-0.2, 0) is 23.9 Å². The van der Waals surface area contributed by atoms with E-state index < -0.39 is 18.0 Å². The molecule has 0 aliphatic heterocycles. The Morgan fingerprint density at radius 2 is 1.84 bits per heavy atom. The Hall–Kier alpha value is -2.41. The van der Waals surface area contributed by atoms with Gasteiger partial charge in [-0.3, -0.25) is 9.59 Å². The van der Waals surface area contributed by atoms with Gasteiger partial charge in [0.25, 0.3) is 0 Å². The number of ether oxygens (including phenoxy) is 2. The van der Waals surface area contributed by atoms with Gasteiger partial charge in [-0.05, 0) is 0 Å². The van der Waals surface area contributed by atoms with Crippen LogP contribution in [-0.4, -0.2) is 62.9 Å². The first kappa shape index (κ1) is 16.6. The number of aliphatic imine (C=N–C) groups is 1. The van der Waals surface area contributed by atoms with E-state index in [0.717, 1.165) is 4.90 Å². The topological polar surface area (TPSA) is 114 Å². The van der Waals surface area contributed by atoms with Crippen molar-refractivity contribution in [3.8, 4) is 0 Å². The third-order valence-electron chi connectivity index (χ3n) is 2.02. The molecule has 0 atom stereocenters. The van der Waals surface area contributed by atoms with E-state index in [-0.39, 0.29) is 26.2 Å². The first-order valence-electron chi connectivity index (χ1n) is 5.25. The van der Waals surface area contributed by atoms with Crippen LogP contribution >= 0.6 is 0 Å². The van der Waals surface area contributed by atoms with E-state index in [9.17, 15) is 19.2 Å². The van der Waals surface area contributed by atoms with Gasteiger partial charge >= 0.3 is 18.0 Å². The lowest BCUT2D eigenvalue weighted by Crippen LogP contribution is -2.44. The standard InChI is InChI=1S/C10H15N3O6/c1-18-8(15)3-4-13(5-9(16)19-2)10(17)12-6-11-7-14/h3-6H2,1-2H3,(H,12,17). The normalized spacial score (nSPS) is 8.95. The van der Waals surface area contributed by atoms with Crippen molar-refractivity contribution in [2.24, 2.45) is 4.99 Å². The van der Waals surface area contributed by atoms with Crippen LogP contribution in [0.3, 0.4) is 0 Å². The number of nitrogens with zero attached hydrogens (tertiary/aromatic N) is 2. The molecule has 0 aromatic heterocycles. The molecule has 0 aliphatic carbocycles. The first-order chi connectivity index (χ1) is 9.04. The van der Waals surface area contributed by atoms with Gasteiger partial charge in [0.15, 0.2) is 0 Å². The number of urea groups is 1. The molecule has 106 valence electrons. The highest BCUT2D eigenvalue weighted by molar-refractivity contribution is 5.81. The number of esters is 2. The maximum atomic E-state index is 11.6. The Labute approximate surface area is 109 Å². The molecule has 0 saturated carbocycles. The molecule has 0 aromatic rings. The molecule has 0 fully saturated rings. The first-order valence-corrected chi connectivity index (χ1v) is 5.25. The predicted octanol–water partition coefficient (Wildman–Crippen LogP) is -0.973. The highest BCUT2D eigenvalue weighted by Gasteiger charge is 2.18. The lowest BCUT2D eigenvalue weighted by Gasteiger charge is -2.20. The average molecular weight is 273 g/mol. The molecule has 0 heterocycles. The Kier molecular flexibility index (Phi) is 8.38. The van der Waals surface area contributed by atoms with Gasteiger partial charge in [0.2, 0.25) is 6.08 Å². The summed E-state index contributed by atoms with van der Waals surface area (Å²) < 4.78 is 8.85. The average Bonchev–Trinajstić information content (AvgIpc) is 2.42. The molecule has 2 amide bonds. The quantitative estimate of drug-likeness (QED) is 0.362. The molecule has 9 nitrogen and oxygen atoms in total. The zero-order valence-electron chi connectivity index (χ0n) is 10.7. The maximum absolute atomic E-state index is 11.6. The van der Waals surface area contributed by atoms with Gasteiger partial charge in [-0.25, -0.2) is 9.59 Å². The summed E-state index contributed by atoms with van der Waals surface area (Å²) in [5, 5.41) is 2.25. The number of hydrogen-bond acceptors (Lipinski definition) is 7. The van der Waals surface area contributed by atoms with Crippen molar-refractivity contribution < 1.29 is 28.7 Å². The van der Waals surface area contributed by atoms with Crippen LogP contribution in [0.15, 0.2) is 4.99 Å². The number of rotatable bonds is 7. The number of nitrogens with one attached hydrogen (secondary N) is 1. The van der Waals surface area contributed by atoms with Gasteiger partial charge in [-0.2, -0.15) is 4.99 Å². The van der Waals surface area contributed by atoms with Crippen LogP contribution in [0.4, 0.5) is 4.79 Å². The van der Waals surface area contributed by atoms with Crippen molar-refractivity contribution >= 4 is 24.0 Å². The van der Waals surface area contributed by atoms with Crippen molar-refractivity contribution in [3.63, 3.8) is 0 Å². The molecule has 0 bridgehead atoms. The SMILES string of the molecule is COC(=O)CCN(CC(=O)OC)C(=O)NCN=C=O. The van der Waals surface area contributed by atoms with Gasteiger partial charge in [-0.15, -0.1) is 0 Å². The second-order valence-corrected chi connectivity index (χ2v) is 3.21. The number of methoxy groups -OCH3 is 2. The summed E-state index contributed by atoms with van der Waals surface area (Å²) in [6, 6.07) is -0.659. The minimum atomic E-state index is -0.659. The number of carbonyl (C=O) groups is 3. The van der Waals surface area contributed by atoms with E-state index in [0.29, 0.717) is 0 Å². The molecule has 9 heteroatoms. The Morgan fingerprint density at radius 3 is 2.37 bits per heavy atom. The van der Waals surface area contributed by atoms with Gasteiger partial charge in [0.05, 0.1) is 20.6 Å². The van der Waals surface area contributed by atoms with Gasteiger partial charge in [0, 0.05) is 6.54 Å². The van der Waals surface area contributed by atoms with Crippen molar-refractivity contribution in [1.82, 2.24) is 10.2 Å². The van der Waals surface area contributed by atoms with E-state index >= 15 is 0 Å². The number of amides is 2. The summed E-state index contributed by atoms with van der Waals surface area (Å²) in [7, 11) is 2.39.